The van der Waals surface area contributed by atoms with Crippen LogP contribution in [0.25, 0.3) is 21.9 Å². The summed E-state index contributed by atoms with van der Waals surface area (Å²) in [5.41, 5.74) is 7.57. The number of aliphatic hydroxyl groups excluding tert-OH is 1. The van der Waals surface area contributed by atoms with Gasteiger partial charge in [-0.3, -0.25) is 0 Å². The summed E-state index contributed by atoms with van der Waals surface area (Å²) in [6.07, 6.45) is 1.54. The van der Waals surface area contributed by atoms with E-state index in [1.54, 1.807) is 0 Å². The molecule has 2 aromatic heterocycles. The Labute approximate surface area is 145 Å². The van der Waals surface area contributed by atoms with Gasteiger partial charge in [-0.05, 0) is 6.07 Å². The van der Waals surface area contributed by atoms with E-state index in [0.717, 1.165) is 16.4 Å². The third-order valence-corrected chi connectivity index (χ3v) is 4.90. The van der Waals surface area contributed by atoms with Crippen LogP contribution in [0.1, 0.15) is 18.7 Å². The zero-order valence-corrected chi connectivity index (χ0v) is 14.0. The third-order valence-electron chi connectivity index (χ3n) is 4.90. The molecule has 0 saturated carbocycles. The highest BCUT2D eigenvalue weighted by Crippen LogP contribution is 2.32. The minimum Gasteiger partial charge on any atom is -0.396 e. The van der Waals surface area contributed by atoms with E-state index in [0.29, 0.717) is 56.2 Å². The maximum atomic E-state index is 11.0. The van der Waals surface area contributed by atoms with Crippen LogP contribution in [-0.2, 0) is 17.7 Å². The number of ether oxygens (including phenoxy) is 1. The second-order valence-corrected chi connectivity index (χ2v) is 6.64. The van der Waals surface area contributed by atoms with Crippen molar-refractivity contribution in [2.45, 2.75) is 31.4 Å². The minimum absolute atomic E-state index is 0.0177. The molecule has 1 saturated heterocycles. The monoisotopic (exact) mass is 342 g/mol. The maximum Gasteiger partial charge on any atom is 0.152 e. The second-order valence-electron chi connectivity index (χ2n) is 6.64. The maximum absolute atomic E-state index is 11.0. The molecular weight excluding hydrogens is 320 g/mol. The van der Waals surface area contributed by atoms with Crippen LogP contribution in [0.4, 0.5) is 5.82 Å². The number of hydrogen-bond donors (Lipinski definition) is 3. The third kappa shape index (κ3) is 2.84. The van der Waals surface area contributed by atoms with Crippen LogP contribution in [0.3, 0.4) is 0 Å². The van der Waals surface area contributed by atoms with Gasteiger partial charge in [-0.25, -0.2) is 9.97 Å². The lowest BCUT2D eigenvalue weighted by Crippen LogP contribution is -2.40. The van der Waals surface area contributed by atoms with Gasteiger partial charge in [0, 0.05) is 37.9 Å². The molecule has 0 radical (unpaired) electrons. The molecule has 7 heteroatoms. The minimum atomic E-state index is -0.852. The summed E-state index contributed by atoms with van der Waals surface area (Å²) in [6.45, 7) is 1.47. The molecule has 0 unspecified atom stereocenters. The molecular formula is C18H22N4O3. The van der Waals surface area contributed by atoms with Crippen molar-refractivity contribution in [2.24, 2.45) is 0 Å². The van der Waals surface area contributed by atoms with E-state index in [1.807, 2.05) is 28.8 Å². The van der Waals surface area contributed by atoms with Gasteiger partial charge in [0.2, 0.25) is 0 Å². The summed E-state index contributed by atoms with van der Waals surface area (Å²) in [6, 6.07) is 7.77. The summed E-state index contributed by atoms with van der Waals surface area (Å²) in [7, 11) is 0. The lowest BCUT2D eigenvalue weighted by molar-refractivity contribution is -0.0726. The summed E-state index contributed by atoms with van der Waals surface area (Å²) < 4.78 is 7.38. The van der Waals surface area contributed by atoms with E-state index in [1.165, 1.54) is 0 Å². The highest BCUT2D eigenvalue weighted by atomic mass is 16.5. The lowest BCUT2D eigenvalue weighted by atomic mass is 9.94. The fourth-order valence-corrected chi connectivity index (χ4v) is 3.57. The number of rotatable bonds is 4. The number of benzene rings is 1. The molecule has 0 atom stereocenters. The molecule has 0 amide bonds. The average molecular weight is 342 g/mol. The Morgan fingerprint density at radius 1 is 1.20 bits per heavy atom. The fraction of sp³-hybridized carbons (Fsp3) is 0.444. The Bertz CT molecular complexity index is 915. The molecule has 7 nitrogen and oxygen atoms in total. The van der Waals surface area contributed by atoms with E-state index in [4.69, 9.17) is 10.5 Å². The van der Waals surface area contributed by atoms with Crippen LogP contribution >= 0.6 is 0 Å². The zero-order valence-electron chi connectivity index (χ0n) is 14.0. The molecule has 25 heavy (non-hydrogen) atoms. The zero-order chi connectivity index (χ0) is 17.4. The molecule has 0 bridgehead atoms. The fourth-order valence-electron chi connectivity index (χ4n) is 3.57. The first-order valence-corrected chi connectivity index (χ1v) is 8.56. The molecule has 1 aromatic carbocycles. The van der Waals surface area contributed by atoms with Crippen LogP contribution in [-0.4, -0.2) is 50.2 Å². The number of pyridine rings is 1. The van der Waals surface area contributed by atoms with E-state index in [-0.39, 0.29) is 6.61 Å². The first-order valence-electron chi connectivity index (χ1n) is 8.56. The van der Waals surface area contributed by atoms with E-state index in [9.17, 15) is 10.2 Å². The van der Waals surface area contributed by atoms with Crippen LogP contribution in [0, 0.1) is 0 Å². The van der Waals surface area contributed by atoms with Crippen LogP contribution < -0.4 is 5.73 Å². The number of aliphatic hydroxyl groups is 2. The predicted molar refractivity (Wildman–Crippen MR) is 95.2 cm³/mol. The van der Waals surface area contributed by atoms with Crippen LogP contribution in [0.2, 0.25) is 0 Å². The highest BCUT2D eigenvalue weighted by Gasteiger charge is 2.32. The Balaban J connectivity index is 1.94. The Morgan fingerprint density at radius 2 is 1.96 bits per heavy atom. The lowest BCUT2D eigenvalue weighted by Gasteiger charge is -2.33. The van der Waals surface area contributed by atoms with Gasteiger partial charge in [0.05, 0.1) is 29.8 Å². The van der Waals surface area contributed by atoms with E-state index >= 15 is 0 Å². The first-order chi connectivity index (χ1) is 12.1. The Hall–Kier alpha value is -2.22. The van der Waals surface area contributed by atoms with Gasteiger partial charge in [0.1, 0.15) is 11.3 Å². The van der Waals surface area contributed by atoms with Crippen molar-refractivity contribution in [3.05, 3.63) is 30.1 Å². The smallest absolute Gasteiger partial charge is 0.152 e. The molecule has 1 aliphatic rings. The van der Waals surface area contributed by atoms with Gasteiger partial charge >= 0.3 is 0 Å². The van der Waals surface area contributed by atoms with Crippen molar-refractivity contribution in [3.63, 3.8) is 0 Å². The highest BCUT2D eigenvalue weighted by molar-refractivity contribution is 6.06. The Morgan fingerprint density at radius 3 is 2.72 bits per heavy atom. The number of para-hydroxylation sites is 1. The normalized spacial score (nSPS) is 17.4. The molecule has 4 N–H and O–H groups in total. The second kappa shape index (κ2) is 6.25. The van der Waals surface area contributed by atoms with Gasteiger partial charge in [0.15, 0.2) is 5.82 Å². The number of nitrogen functional groups attached to an aromatic ring is 1. The van der Waals surface area contributed by atoms with Gasteiger partial charge < -0.3 is 25.3 Å². The molecule has 3 heterocycles. The number of fused-ring (bicyclic) bond motifs is 3. The number of aromatic nitrogens is 3. The predicted octanol–water partition coefficient (Wildman–Crippen LogP) is 1.24. The SMILES string of the molecule is Nc1nc2ccccc2c2c1nc(CCO)n2CC1(O)CCOCC1. The molecule has 3 aromatic rings. The van der Waals surface area contributed by atoms with E-state index in [2.05, 4.69) is 9.97 Å². The van der Waals surface area contributed by atoms with Crippen molar-refractivity contribution in [2.75, 3.05) is 25.6 Å². The van der Waals surface area contributed by atoms with Gasteiger partial charge in [-0.15, -0.1) is 0 Å². The van der Waals surface area contributed by atoms with Crippen molar-refractivity contribution in [1.29, 1.82) is 0 Å². The largest absolute Gasteiger partial charge is 0.396 e. The molecule has 1 aliphatic heterocycles. The standard InChI is InChI=1S/C18H22N4O3/c19-17-15-16(12-3-1-2-4-13(12)20-17)22(14(21-15)5-8-23)11-18(24)6-9-25-10-7-18/h1-4,23-24H,5-11H2,(H2,19,20). The summed E-state index contributed by atoms with van der Waals surface area (Å²) >= 11 is 0. The molecule has 4 rings (SSSR count). The number of anilines is 1. The first kappa shape index (κ1) is 16.3. The van der Waals surface area contributed by atoms with Crippen LogP contribution in [0.5, 0.6) is 0 Å². The van der Waals surface area contributed by atoms with Crippen molar-refractivity contribution in [3.8, 4) is 0 Å². The van der Waals surface area contributed by atoms with Crippen molar-refractivity contribution in [1.82, 2.24) is 14.5 Å². The van der Waals surface area contributed by atoms with Crippen molar-refractivity contribution >= 4 is 27.8 Å². The molecule has 0 aliphatic carbocycles. The summed E-state index contributed by atoms with van der Waals surface area (Å²) in [5.74, 6) is 1.08. The number of nitrogens with two attached hydrogens (primary N) is 1. The van der Waals surface area contributed by atoms with Crippen LogP contribution in [0.15, 0.2) is 24.3 Å². The number of nitrogens with zero attached hydrogens (tertiary/aromatic N) is 3. The topological polar surface area (TPSA) is 106 Å². The van der Waals surface area contributed by atoms with Gasteiger partial charge in [-0.1, -0.05) is 18.2 Å². The quantitative estimate of drug-likeness (QED) is 0.659. The molecule has 132 valence electrons. The summed E-state index contributed by atoms with van der Waals surface area (Å²) in [4.78, 5) is 9.06. The number of imidazole rings is 1. The van der Waals surface area contributed by atoms with Gasteiger partial charge in [0.25, 0.3) is 0 Å². The van der Waals surface area contributed by atoms with Crippen molar-refractivity contribution < 1.29 is 14.9 Å². The molecule has 1 fully saturated rings. The summed E-state index contributed by atoms with van der Waals surface area (Å²) in [5, 5.41) is 21.4. The molecule has 0 spiro atoms. The number of hydrogen-bond acceptors (Lipinski definition) is 6. The van der Waals surface area contributed by atoms with Gasteiger partial charge in [-0.2, -0.15) is 0 Å². The average Bonchev–Trinajstić information content (AvgIpc) is 2.95. The Kier molecular flexibility index (Phi) is 4.07. The van der Waals surface area contributed by atoms with E-state index < -0.39 is 5.60 Å².